The molecule has 0 saturated heterocycles. The van der Waals surface area contributed by atoms with Crippen molar-refractivity contribution in [1.82, 2.24) is 5.32 Å². The lowest BCUT2D eigenvalue weighted by Crippen LogP contribution is -2.28. The van der Waals surface area contributed by atoms with Crippen molar-refractivity contribution < 1.29 is 14.6 Å². The molecule has 0 aliphatic heterocycles. The zero-order chi connectivity index (χ0) is 12.7. The van der Waals surface area contributed by atoms with E-state index in [2.05, 4.69) is 5.32 Å². The number of hydrogen-bond acceptors (Lipinski definition) is 4. The normalized spacial score (nSPS) is 12.4. The molecule has 0 bridgehead atoms. The Kier molecular flexibility index (Phi) is 6.18. The number of ether oxygens (including phenoxy) is 1. The average Bonchev–Trinajstić information content (AvgIpc) is 2.75. The second kappa shape index (κ2) is 7.42. The molecule has 0 fully saturated rings. The van der Waals surface area contributed by atoms with Crippen LogP contribution in [-0.2, 0) is 11.3 Å². The molecule has 1 aromatic rings. The van der Waals surface area contributed by atoms with Gasteiger partial charge in [0.05, 0.1) is 11.5 Å². The summed E-state index contributed by atoms with van der Waals surface area (Å²) in [6, 6.07) is 1.90. The number of nitrogens with one attached hydrogen (secondary N) is 1. The van der Waals surface area contributed by atoms with Crippen LogP contribution < -0.4 is 5.32 Å². The van der Waals surface area contributed by atoms with Gasteiger partial charge < -0.3 is 15.2 Å². The minimum atomic E-state index is -0.0585. The lowest BCUT2D eigenvalue weighted by molar-refractivity contribution is 0.0945. The number of aliphatic hydroxyl groups is 1. The molecule has 4 nitrogen and oxygen atoms in total. The van der Waals surface area contributed by atoms with E-state index in [0.29, 0.717) is 24.4 Å². The number of methoxy groups -OCH3 is 1. The largest absolute Gasteiger partial charge is 0.396 e. The maximum Gasteiger partial charge on any atom is 0.261 e. The molecule has 96 valence electrons. The van der Waals surface area contributed by atoms with Crippen LogP contribution in [0.2, 0.25) is 0 Å². The fourth-order valence-corrected chi connectivity index (χ4v) is 2.30. The number of carbonyl (C=O) groups excluding carboxylic acids is 1. The maximum absolute atomic E-state index is 11.9. The Morgan fingerprint density at radius 2 is 2.41 bits per heavy atom. The Balaban J connectivity index is 2.49. The standard InChI is InChI=1S/C12H19NO3S/c1-9(3-5-14)7-13-12(15)11-10(8-16-2)4-6-17-11/h4,6,9,14H,3,5,7-8H2,1-2H3,(H,13,15). The van der Waals surface area contributed by atoms with Crippen LogP contribution in [0.3, 0.4) is 0 Å². The van der Waals surface area contributed by atoms with E-state index in [1.165, 1.54) is 11.3 Å². The van der Waals surface area contributed by atoms with Crippen molar-refractivity contribution in [2.75, 3.05) is 20.3 Å². The van der Waals surface area contributed by atoms with Crippen molar-refractivity contribution >= 4 is 17.2 Å². The first-order chi connectivity index (χ1) is 8.19. The highest BCUT2D eigenvalue weighted by atomic mass is 32.1. The van der Waals surface area contributed by atoms with E-state index in [9.17, 15) is 4.79 Å². The Hall–Kier alpha value is -0.910. The van der Waals surface area contributed by atoms with Crippen LogP contribution >= 0.6 is 11.3 Å². The van der Waals surface area contributed by atoms with Gasteiger partial charge in [-0.25, -0.2) is 0 Å². The van der Waals surface area contributed by atoms with E-state index < -0.39 is 0 Å². The Bertz CT molecular complexity index is 351. The number of hydrogen-bond donors (Lipinski definition) is 2. The summed E-state index contributed by atoms with van der Waals surface area (Å²) in [4.78, 5) is 12.6. The third-order valence-corrected chi connectivity index (χ3v) is 3.44. The first-order valence-electron chi connectivity index (χ1n) is 5.63. The lowest BCUT2D eigenvalue weighted by Gasteiger charge is -2.11. The van der Waals surface area contributed by atoms with Crippen LogP contribution in [0.15, 0.2) is 11.4 Å². The van der Waals surface area contributed by atoms with E-state index in [0.717, 1.165) is 5.56 Å². The molecule has 1 unspecified atom stereocenters. The molecule has 2 N–H and O–H groups in total. The molecule has 0 spiro atoms. The quantitative estimate of drug-likeness (QED) is 0.780. The summed E-state index contributed by atoms with van der Waals surface area (Å²) in [5.74, 6) is 0.228. The van der Waals surface area contributed by atoms with E-state index in [1.54, 1.807) is 7.11 Å². The van der Waals surface area contributed by atoms with E-state index in [1.807, 2.05) is 18.4 Å². The van der Waals surface area contributed by atoms with Gasteiger partial charge in [-0.2, -0.15) is 0 Å². The van der Waals surface area contributed by atoms with Crippen molar-refractivity contribution in [2.24, 2.45) is 5.92 Å². The second-order valence-electron chi connectivity index (χ2n) is 4.04. The number of aliphatic hydroxyl groups excluding tert-OH is 1. The third kappa shape index (κ3) is 4.46. The molecule has 0 saturated carbocycles. The lowest BCUT2D eigenvalue weighted by atomic mass is 10.1. The van der Waals surface area contributed by atoms with Gasteiger partial charge in [-0.1, -0.05) is 6.92 Å². The first-order valence-corrected chi connectivity index (χ1v) is 6.51. The molecule has 5 heteroatoms. The van der Waals surface area contributed by atoms with Crippen LogP contribution in [0, 0.1) is 5.92 Å². The zero-order valence-electron chi connectivity index (χ0n) is 10.2. The first kappa shape index (κ1) is 14.2. The number of rotatable bonds is 7. The predicted octanol–water partition coefficient (Wildman–Crippen LogP) is 1.64. The van der Waals surface area contributed by atoms with Gasteiger partial charge in [-0.15, -0.1) is 11.3 Å². The second-order valence-corrected chi connectivity index (χ2v) is 4.95. The molecule has 0 aromatic carbocycles. The Labute approximate surface area is 106 Å². The van der Waals surface area contributed by atoms with Crippen LogP contribution in [0.5, 0.6) is 0 Å². The molecule has 0 aliphatic carbocycles. The van der Waals surface area contributed by atoms with Gasteiger partial charge in [-0.05, 0) is 23.8 Å². The summed E-state index contributed by atoms with van der Waals surface area (Å²) in [7, 11) is 1.61. The average molecular weight is 257 g/mol. The zero-order valence-corrected chi connectivity index (χ0v) is 11.0. The van der Waals surface area contributed by atoms with Gasteiger partial charge in [0.25, 0.3) is 5.91 Å². The number of amides is 1. The number of carbonyl (C=O) groups is 1. The number of thiophene rings is 1. The summed E-state index contributed by atoms with van der Waals surface area (Å²) in [5, 5.41) is 13.5. The summed E-state index contributed by atoms with van der Waals surface area (Å²) < 4.78 is 5.03. The topological polar surface area (TPSA) is 58.6 Å². The third-order valence-electron chi connectivity index (χ3n) is 2.49. The molecule has 0 radical (unpaired) electrons. The van der Waals surface area contributed by atoms with E-state index >= 15 is 0 Å². The van der Waals surface area contributed by atoms with Gasteiger partial charge in [0.15, 0.2) is 0 Å². The smallest absolute Gasteiger partial charge is 0.261 e. The molecule has 0 aliphatic rings. The predicted molar refractivity (Wildman–Crippen MR) is 68.2 cm³/mol. The molecule has 17 heavy (non-hydrogen) atoms. The molecular weight excluding hydrogens is 238 g/mol. The van der Waals surface area contributed by atoms with Crippen LogP contribution in [0.25, 0.3) is 0 Å². The molecule has 1 heterocycles. The van der Waals surface area contributed by atoms with Gasteiger partial charge in [-0.3, -0.25) is 4.79 Å². The maximum atomic E-state index is 11.9. The Morgan fingerprint density at radius 1 is 1.65 bits per heavy atom. The molecular formula is C12H19NO3S. The van der Waals surface area contributed by atoms with Crippen LogP contribution in [0.4, 0.5) is 0 Å². The summed E-state index contributed by atoms with van der Waals surface area (Å²) in [5.41, 5.74) is 0.921. The van der Waals surface area contributed by atoms with Gasteiger partial charge >= 0.3 is 0 Å². The van der Waals surface area contributed by atoms with Crippen molar-refractivity contribution in [3.63, 3.8) is 0 Å². The fourth-order valence-electron chi connectivity index (χ4n) is 1.47. The van der Waals surface area contributed by atoms with Crippen molar-refractivity contribution in [1.29, 1.82) is 0 Å². The molecule has 1 atom stereocenters. The molecule has 1 rings (SSSR count). The van der Waals surface area contributed by atoms with Crippen molar-refractivity contribution in [2.45, 2.75) is 20.0 Å². The summed E-state index contributed by atoms with van der Waals surface area (Å²) >= 11 is 1.42. The van der Waals surface area contributed by atoms with E-state index in [-0.39, 0.29) is 18.4 Å². The van der Waals surface area contributed by atoms with Crippen molar-refractivity contribution in [3.05, 3.63) is 21.9 Å². The van der Waals surface area contributed by atoms with Gasteiger partial charge in [0.2, 0.25) is 0 Å². The highest BCUT2D eigenvalue weighted by Crippen LogP contribution is 2.17. The highest BCUT2D eigenvalue weighted by Gasteiger charge is 2.13. The minimum Gasteiger partial charge on any atom is -0.396 e. The van der Waals surface area contributed by atoms with E-state index in [4.69, 9.17) is 9.84 Å². The van der Waals surface area contributed by atoms with Crippen LogP contribution in [0.1, 0.15) is 28.6 Å². The molecule has 1 aromatic heterocycles. The SMILES string of the molecule is COCc1ccsc1C(=O)NCC(C)CCO. The van der Waals surface area contributed by atoms with Gasteiger partial charge in [0.1, 0.15) is 0 Å². The van der Waals surface area contributed by atoms with Crippen molar-refractivity contribution in [3.8, 4) is 0 Å². The summed E-state index contributed by atoms with van der Waals surface area (Å²) in [6.45, 7) is 3.20. The monoisotopic (exact) mass is 257 g/mol. The fraction of sp³-hybridized carbons (Fsp3) is 0.583. The Morgan fingerprint density at radius 3 is 3.06 bits per heavy atom. The highest BCUT2D eigenvalue weighted by molar-refractivity contribution is 7.12. The minimum absolute atomic E-state index is 0.0585. The molecule has 1 amide bonds. The van der Waals surface area contributed by atoms with Gasteiger partial charge in [0, 0.05) is 25.8 Å². The van der Waals surface area contributed by atoms with Crippen LogP contribution in [-0.4, -0.2) is 31.3 Å². The summed E-state index contributed by atoms with van der Waals surface area (Å²) in [6.07, 6.45) is 0.704.